The Bertz CT molecular complexity index is 303. The van der Waals surface area contributed by atoms with E-state index < -0.39 is 0 Å². The molecule has 0 bridgehead atoms. The average molecular weight is 298 g/mol. The van der Waals surface area contributed by atoms with E-state index in [1.165, 1.54) is 25.7 Å². The molecule has 21 heavy (non-hydrogen) atoms. The molecule has 0 aromatic heterocycles. The number of carbonyl (C=O) groups excluding carboxylic acids is 1. The van der Waals surface area contributed by atoms with Crippen LogP contribution in [0.25, 0.3) is 0 Å². The number of nitrogens with one attached hydrogen (secondary N) is 2. The molecule has 5 nitrogen and oxygen atoms in total. The SMILES string of the molecule is CCCCC(CC)CNC(=NCC(=O)N(C)C)NCCC. The van der Waals surface area contributed by atoms with E-state index in [2.05, 4.69) is 36.4 Å². The quantitative estimate of drug-likeness (QED) is 0.480. The molecule has 1 atom stereocenters. The first-order valence-corrected chi connectivity index (χ1v) is 8.27. The van der Waals surface area contributed by atoms with Crippen LogP contribution < -0.4 is 10.6 Å². The van der Waals surface area contributed by atoms with Gasteiger partial charge in [-0.2, -0.15) is 0 Å². The lowest BCUT2D eigenvalue weighted by Gasteiger charge is -2.18. The van der Waals surface area contributed by atoms with Gasteiger partial charge in [0, 0.05) is 27.2 Å². The molecule has 0 saturated heterocycles. The highest BCUT2D eigenvalue weighted by molar-refractivity contribution is 5.84. The summed E-state index contributed by atoms with van der Waals surface area (Å²) in [7, 11) is 3.50. The minimum atomic E-state index is 0.0191. The molecule has 0 heterocycles. The highest BCUT2D eigenvalue weighted by atomic mass is 16.2. The molecule has 0 saturated carbocycles. The number of hydrogen-bond donors (Lipinski definition) is 2. The van der Waals surface area contributed by atoms with Gasteiger partial charge in [-0.05, 0) is 18.8 Å². The molecule has 1 amide bonds. The summed E-state index contributed by atoms with van der Waals surface area (Å²) in [6.07, 6.45) is 5.97. The Morgan fingerprint density at radius 2 is 1.86 bits per heavy atom. The topological polar surface area (TPSA) is 56.7 Å². The number of unbranched alkanes of at least 4 members (excludes halogenated alkanes) is 1. The Balaban J connectivity index is 4.39. The lowest BCUT2D eigenvalue weighted by molar-refractivity contribution is -0.127. The first-order valence-electron chi connectivity index (χ1n) is 8.27. The molecule has 2 N–H and O–H groups in total. The van der Waals surface area contributed by atoms with Crippen molar-refractivity contribution < 1.29 is 4.79 Å². The summed E-state index contributed by atoms with van der Waals surface area (Å²) in [5.41, 5.74) is 0. The van der Waals surface area contributed by atoms with E-state index in [1.54, 1.807) is 19.0 Å². The highest BCUT2D eigenvalue weighted by Gasteiger charge is 2.08. The number of rotatable bonds is 10. The van der Waals surface area contributed by atoms with E-state index in [1.807, 2.05) is 0 Å². The van der Waals surface area contributed by atoms with Gasteiger partial charge in [0.05, 0.1) is 0 Å². The predicted octanol–water partition coefficient (Wildman–Crippen LogP) is 2.24. The van der Waals surface area contributed by atoms with E-state index in [9.17, 15) is 4.79 Å². The molecule has 0 rings (SSSR count). The fraction of sp³-hybridized carbons (Fsp3) is 0.875. The minimum absolute atomic E-state index is 0.0191. The molecule has 0 aliphatic rings. The number of amides is 1. The third-order valence-electron chi connectivity index (χ3n) is 3.52. The lowest BCUT2D eigenvalue weighted by atomic mass is 9.99. The zero-order valence-corrected chi connectivity index (χ0v) is 14.5. The van der Waals surface area contributed by atoms with Crippen molar-refractivity contribution in [2.45, 2.75) is 52.9 Å². The molecule has 0 aliphatic carbocycles. The summed E-state index contributed by atoms with van der Waals surface area (Å²) >= 11 is 0. The summed E-state index contributed by atoms with van der Waals surface area (Å²) in [4.78, 5) is 17.6. The number of carbonyl (C=O) groups is 1. The normalized spacial score (nSPS) is 12.9. The Hall–Kier alpha value is -1.26. The van der Waals surface area contributed by atoms with Gasteiger partial charge in [-0.25, -0.2) is 4.99 Å². The standard InChI is InChI=1S/C16H34N4O/c1-6-9-10-14(8-3)12-18-16(17-11-7-2)19-13-15(21)20(4)5/h14H,6-13H2,1-5H3,(H2,17,18,19). The second-order valence-electron chi connectivity index (χ2n) is 5.68. The first-order chi connectivity index (χ1) is 10.0. The number of guanidine groups is 1. The van der Waals surface area contributed by atoms with Crippen LogP contribution >= 0.6 is 0 Å². The van der Waals surface area contributed by atoms with Crippen LogP contribution in [0.2, 0.25) is 0 Å². The number of hydrogen-bond acceptors (Lipinski definition) is 2. The zero-order chi connectivity index (χ0) is 16.1. The second kappa shape index (κ2) is 12.5. The molecule has 0 aromatic rings. The number of nitrogens with zero attached hydrogens (tertiary/aromatic N) is 2. The van der Waals surface area contributed by atoms with Gasteiger partial charge < -0.3 is 15.5 Å². The maximum Gasteiger partial charge on any atom is 0.243 e. The summed E-state index contributed by atoms with van der Waals surface area (Å²) in [6.45, 7) is 8.55. The van der Waals surface area contributed by atoms with E-state index in [4.69, 9.17) is 0 Å². The van der Waals surface area contributed by atoms with Crippen molar-refractivity contribution >= 4 is 11.9 Å². The molecule has 0 spiro atoms. The molecule has 0 aromatic carbocycles. The summed E-state index contributed by atoms with van der Waals surface area (Å²) < 4.78 is 0. The summed E-state index contributed by atoms with van der Waals surface area (Å²) in [5, 5.41) is 6.64. The molecule has 1 unspecified atom stereocenters. The fourth-order valence-corrected chi connectivity index (χ4v) is 1.89. The monoisotopic (exact) mass is 298 g/mol. The number of likely N-dealkylation sites (N-methyl/N-ethyl adjacent to an activating group) is 1. The summed E-state index contributed by atoms with van der Waals surface area (Å²) in [5.74, 6) is 1.44. The van der Waals surface area contributed by atoms with Crippen LogP contribution in [-0.4, -0.2) is 50.5 Å². The van der Waals surface area contributed by atoms with Crippen molar-refractivity contribution in [3.05, 3.63) is 0 Å². The predicted molar refractivity (Wildman–Crippen MR) is 90.6 cm³/mol. The zero-order valence-electron chi connectivity index (χ0n) is 14.5. The van der Waals surface area contributed by atoms with E-state index in [-0.39, 0.29) is 12.5 Å². The third kappa shape index (κ3) is 10.2. The van der Waals surface area contributed by atoms with Crippen LogP contribution in [0.5, 0.6) is 0 Å². The van der Waals surface area contributed by atoms with Gasteiger partial charge in [-0.15, -0.1) is 0 Å². The molecular weight excluding hydrogens is 264 g/mol. The second-order valence-corrected chi connectivity index (χ2v) is 5.68. The van der Waals surface area contributed by atoms with Gasteiger partial charge in [0.25, 0.3) is 0 Å². The molecule has 0 aliphatic heterocycles. The Kier molecular flexibility index (Phi) is 11.7. The van der Waals surface area contributed by atoms with Crippen LogP contribution in [0.4, 0.5) is 0 Å². The maximum atomic E-state index is 11.6. The Morgan fingerprint density at radius 1 is 1.14 bits per heavy atom. The molecule has 5 heteroatoms. The largest absolute Gasteiger partial charge is 0.356 e. The number of aliphatic imine (C=N–C) groups is 1. The van der Waals surface area contributed by atoms with Gasteiger partial charge in [-0.1, -0.05) is 40.0 Å². The van der Waals surface area contributed by atoms with Gasteiger partial charge in [0.15, 0.2) is 5.96 Å². The lowest BCUT2D eigenvalue weighted by Crippen LogP contribution is -2.41. The van der Waals surface area contributed by atoms with E-state index in [0.29, 0.717) is 5.92 Å². The maximum absolute atomic E-state index is 11.6. The van der Waals surface area contributed by atoms with E-state index >= 15 is 0 Å². The van der Waals surface area contributed by atoms with Gasteiger partial charge >= 0.3 is 0 Å². The van der Waals surface area contributed by atoms with Gasteiger partial charge in [-0.3, -0.25) is 4.79 Å². The summed E-state index contributed by atoms with van der Waals surface area (Å²) in [6, 6.07) is 0. The minimum Gasteiger partial charge on any atom is -0.356 e. The van der Waals surface area contributed by atoms with Crippen molar-refractivity contribution in [2.24, 2.45) is 10.9 Å². The van der Waals surface area contributed by atoms with Crippen molar-refractivity contribution in [1.29, 1.82) is 0 Å². The average Bonchev–Trinajstić information content (AvgIpc) is 2.48. The van der Waals surface area contributed by atoms with Crippen LogP contribution in [0.3, 0.4) is 0 Å². The smallest absolute Gasteiger partial charge is 0.243 e. The highest BCUT2D eigenvalue weighted by Crippen LogP contribution is 2.10. The Labute approximate surface area is 130 Å². The van der Waals surface area contributed by atoms with Crippen molar-refractivity contribution in [3.8, 4) is 0 Å². The van der Waals surface area contributed by atoms with Crippen molar-refractivity contribution in [2.75, 3.05) is 33.7 Å². The fourth-order valence-electron chi connectivity index (χ4n) is 1.89. The van der Waals surface area contributed by atoms with Crippen LogP contribution in [-0.2, 0) is 4.79 Å². The third-order valence-corrected chi connectivity index (χ3v) is 3.52. The van der Waals surface area contributed by atoms with Crippen LogP contribution in [0.15, 0.2) is 4.99 Å². The first kappa shape index (κ1) is 19.7. The molecule has 0 fully saturated rings. The van der Waals surface area contributed by atoms with Gasteiger partial charge in [0.1, 0.15) is 6.54 Å². The molecule has 0 radical (unpaired) electrons. The molecular formula is C16H34N4O. The van der Waals surface area contributed by atoms with Crippen LogP contribution in [0.1, 0.15) is 52.9 Å². The van der Waals surface area contributed by atoms with E-state index in [0.717, 1.165) is 25.5 Å². The van der Waals surface area contributed by atoms with Gasteiger partial charge in [0.2, 0.25) is 5.91 Å². The Morgan fingerprint density at radius 3 is 2.38 bits per heavy atom. The van der Waals surface area contributed by atoms with Crippen molar-refractivity contribution in [3.63, 3.8) is 0 Å². The van der Waals surface area contributed by atoms with Crippen LogP contribution in [0, 0.1) is 5.92 Å². The van der Waals surface area contributed by atoms with Crippen molar-refractivity contribution in [1.82, 2.24) is 15.5 Å². The molecule has 124 valence electrons.